The molecule has 1 aliphatic rings. The monoisotopic (exact) mass is 307 g/mol. The minimum Gasteiger partial charge on any atom is -0.390 e. The molecule has 2 aromatic rings. The molecule has 1 N–H and O–H groups in total. The molecule has 0 radical (unpaired) electrons. The third-order valence-corrected chi connectivity index (χ3v) is 5.17. The molecule has 0 aliphatic carbocycles. The quantitative estimate of drug-likeness (QED) is 0.943. The first-order valence-corrected chi connectivity index (χ1v) is 8.73. The van der Waals surface area contributed by atoms with Gasteiger partial charge in [0, 0.05) is 28.9 Å². The summed E-state index contributed by atoms with van der Waals surface area (Å²) in [6, 6.07) is 10.1. The fourth-order valence-electron chi connectivity index (χ4n) is 2.18. The van der Waals surface area contributed by atoms with Crippen LogP contribution in [0.1, 0.15) is 5.01 Å². The number of benzene rings is 1. The van der Waals surface area contributed by atoms with Gasteiger partial charge in [-0.2, -0.15) is 11.8 Å². The van der Waals surface area contributed by atoms with E-state index in [0.717, 1.165) is 34.4 Å². The molecule has 0 saturated carbocycles. The van der Waals surface area contributed by atoms with Crippen LogP contribution in [-0.4, -0.2) is 40.4 Å². The maximum Gasteiger partial charge on any atom is 0.0959 e. The fourth-order valence-corrected chi connectivity index (χ4v) is 3.97. The van der Waals surface area contributed by atoms with E-state index in [4.69, 9.17) is 4.74 Å². The SMILES string of the molecule is OC(Cc1nc(-c2ccccc2)cs1)C1CSCCO1. The Hall–Kier alpha value is -0.880. The van der Waals surface area contributed by atoms with Crippen molar-refractivity contribution >= 4 is 23.1 Å². The molecule has 1 aromatic heterocycles. The van der Waals surface area contributed by atoms with Crippen LogP contribution in [-0.2, 0) is 11.2 Å². The van der Waals surface area contributed by atoms with E-state index in [9.17, 15) is 5.11 Å². The first kappa shape index (κ1) is 14.1. The fraction of sp³-hybridized carbons (Fsp3) is 0.400. The summed E-state index contributed by atoms with van der Waals surface area (Å²) in [6.07, 6.45) is 0.0540. The molecular formula is C15H17NO2S2. The lowest BCUT2D eigenvalue weighted by Crippen LogP contribution is -2.36. The van der Waals surface area contributed by atoms with E-state index >= 15 is 0 Å². The second kappa shape index (κ2) is 6.72. The average molecular weight is 307 g/mol. The Balaban J connectivity index is 1.65. The van der Waals surface area contributed by atoms with Crippen LogP contribution in [0, 0.1) is 0 Å². The zero-order valence-corrected chi connectivity index (χ0v) is 12.7. The lowest BCUT2D eigenvalue weighted by atomic mass is 10.1. The van der Waals surface area contributed by atoms with Crippen molar-refractivity contribution in [2.45, 2.75) is 18.6 Å². The molecular weight excluding hydrogens is 290 g/mol. The Bertz CT molecular complexity index is 538. The highest BCUT2D eigenvalue weighted by Gasteiger charge is 2.24. The van der Waals surface area contributed by atoms with Gasteiger partial charge >= 0.3 is 0 Å². The zero-order valence-electron chi connectivity index (χ0n) is 11.1. The van der Waals surface area contributed by atoms with Crippen LogP contribution in [0.2, 0.25) is 0 Å². The lowest BCUT2D eigenvalue weighted by Gasteiger charge is -2.26. The van der Waals surface area contributed by atoms with Gasteiger partial charge in [0.2, 0.25) is 0 Å². The summed E-state index contributed by atoms with van der Waals surface area (Å²) in [5, 5.41) is 13.3. The predicted octanol–water partition coefficient (Wildman–Crippen LogP) is 2.85. The van der Waals surface area contributed by atoms with Crippen LogP contribution >= 0.6 is 23.1 Å². The summed E-state index contributed by atoms with van der Waals surface area (Å²) in [5.74, 6) is 1.90. The van der Waals surface area contributed by atoms with Crippen LogP contribution in [0.3, 0.4) is 0 Å². The minimum absolute atomic E-state index is 0.0576. The predicted molar refractivity (Wildman–Crippen MR) is 84.3 cm³/mol. The van der Waals surface area contributed by atoms with Crippen molar-refractivity contribution in [2.24, 2.45) is 0 Å². The topological polar surface area (TPSA) is 42.4 Å². The number of rotatable bonds is 4. The maximum absolute atomic E-state index is 10.2. The number of thioether (sulfide) groups is 1. The number of ether oxygens (including phenoxy) is 1. The van der Waals surface area contributed by atoms with Gasteiger partial charge in [-0.3, -0.25) is 0 Å². The molecule has 20 heavy (non-hydrogen) atoms. The van der Waals surface area contributed by atoms with Crippen molar-refractivity contribution in [3.8, 4) is 11.3 Å². The van der Waals surface area contributed by atoms with Gasteiger partial charge in [-0.05, 0) is 0 Å². The maximum atomic E-state index is 10.2. The number of hydrogen-bond acceptors (Lipinski definition) is 5. The Kier molecular flexibility index (Phi) is 4.73. The largest absolute Gasteiger partial charge is 0.390 e. The Morgan fingerprint density at radius 3 is 2.95 bits per heavy atom. The molecule has 1 aliphatic heterocycles. The molecule has 106 valence electrons. The van der Waals surface area contributed by atoms with E-state index in [2.05, 4.69) is 17.1 Å². The number of hydrogen-bond donors (Lipinski definition) is 1. The summed E-state index contributed by atoms with van der Waals surface area (Å²) in [5.41, 5.74) is 2.10. The summed E-state index contributed by atoms with van der Waals surface area (Å²) in [6.45, 7) is 0.736. The number of aromatic nitrogens is 1. The molecule has 3 rings (SSSR count). The third-order valence-electron chi connectivity index (χ3n) is 3.28. The normalized spacial score (nSPS) is 20.8. The molecule has 3 nitrogen and oxygen atoms in total. The van der Waals surface area contributed by atoms with Gasteiger partial charge in [-0.15, -0.1) is 11.3 Å². The van der Waals surface area contributed by atoms with Crippen molar-refractivity contribution in [3.05, 3.63) is 40.7 Å². The van der Waals surface area contributed by atoms with E-state index in [1.165, 1.54) is 0 Å². The van der Waals surface area contributed by atoms with Crippen molar-refractivity contribution in [2.75, 3.05) is 18.1 Å². The van der Waals surface area contributed by atoms with Crippen LogP contribution in [0.5, 0.6) is 0 Å². The Morgan fingerprint density at radius 1 is 1.35 bits per heavy atom. The molecule has 1 aromatic carbocycles. The van der Waals surface area contributed by atoms with E-state index in [1.54, 1.807) is 11.3 Å². The Morgan fingerprint density at radius 2 is 2.20 bits per heavy atom. The van der Waals surface area contributed by atoms with Gasteiger partial charge < -0.3 is 9.84 Å². The minimum atomic E-state index is -0.461. The van der Waals surface area contributed by atoms with E-state index in [1.807, 2.05) is 35.3 Å². The highest BCUT2D eigenvalue weighted by Crippen LogP contribution is 2.24. The number of nitrogens with zero attached hydrogens (tertiary/aromatic N) is 1. The Labute approximate surface area is 127 Å². The first-order valence-electron chi connectivity index (χ1n) is 6.70. The number of aliphatic hydroxyl groups is 1. The highest BCUT2D eigenvalue weighted by atomic mass is 32.2. The first-order chi connectivity index (χ1) is 9.83. The standard InChI is InChI=1S/C15H17NO2S2/c17-13(14-10-19-7-6-18-14)8-15-16-12(9-20-15)11-4-2-1-3-5-11/h1-5,9,13-14,17H,6-8,10H2. The van der Waals surface area contributed by atoms with Crippen LogP contribution in [0.25, 0.3) is 11.3 Å². The number of thiazole rings is 1. The van der Waals surface area contributed by atoms with Gasteiger partial charge in [0.1, 0.15) is 0 Å². The van der Waals surface area contributed by atoms with E-state index < -0.39 is 6.10 Å². The summed E-state index contributed by atoms with van der Waals surface area (Å²) < 4.78 is 5.61. The van der Waals surface area contributed by atoms with Gasteiger partial charge in [-0.1, -0.05) is 30.3 Å². The summed E-state index contributed by atoms with van der Waals surface area (Å²) in [4.78, 5) is 4.61. The van der Waals surface area contributed by atoms with E-state index in [-0.39, 0.29) is 6.10 Å². The van der Waals surface area contributed by atoms with E-state index in [0.29, 0.717) is 6.42 Å². The van der Waals surface area contributed by atoms with Gasteiger partial charge in [0.15, 0.2) is 0 Å². The van der Waals surface area contributed by atoms with Crippen molar-refractivity contribution < 1.29 is 9.84 Å². The van der Waals surface area contributed by atoms with Crippen molar-refractivity contribution in [3.63, 3.8) is 0 Å². The second-order valence-corrected chi connectivity index (χ2v) is 6.84. The number of aliphatic hydroxyl groups excluding tert-OH is 1. The molecule has 0 amide bonds. The lowest BCUT2D eigenvalue weighted by molar-refractivity contribution is -0.0208. The zero-order chi connectivity index (χ0) is 13.8. The molecule has 0 spiro atoms. The van der Waals surface area contributed by atoms with Crippen molar-refractivity contribution in [1.82, 2.24) is 4.98 Å². The average Bonchev–Trinajstić information content (AvgIpc) is 2.97. The molecule has 2 heterocycles. The smallest absolute Gasteiger partial charge is 0.0959 e. The molecule has 2 unspecified atom stereocenters. The summed E-state index contributed by atoms with van der Waals surface area (Å²) in [7, 11) is 0. The van der Waals surface area contributed by atoms with Crippen molar-refractivity contribution in [1.29, 1.82) is 0 Å². The van der Waals surface area contributed by atoms with Gasteiger partial charge in [0.25, 0.3) is 0 Å². The molecule has 2 atom stereocenters. The highest BCUT2D eigenvalue weighted by molar-refractivity contribution is 7.99. The van der Waals surface area contributed by atoms with Gasteiger partial charge in [0.05, 0.1) is 29.5 Å². The summed E-state index contributed by atoms with van der Waals surface area (Å²) >= 11 is 3.45. The molecule has 1 fully saturated rings. The third kappa shape index (κ3) is 3.41. The van der Waals surface area contributed by atoms with Crippen LogP contribution < -0.4 is 0 Å². The van der Waals surface area contributed by atoms with Gasteiger partial charge in [-0.25, -0.2) is 4.98 Å². The van der Waals surface area contributed by atoms with Crippen LogP contribution in [0.15, 0.2) is 35.7 Å². The molecule has 1 saturated heterocycles. The van der Waals surface area contributed by atoms with Crippen LogP contribution in [0.4, 0.5) is 0 Å². The second-order valence-electron chi connectivity index (χ2n) is 4.75. The molecule has 0 bridgehead atoms. The molecule has 5 heteroatoms.